The highest BCUT2D eigenvalue weighted by Gasteiger charge is 2.40. The number of halogens is 3. The third-order valence-corrected chi connectivity index (χ3v) is 3.11. The van der Waals surface area contributed by atoms with Crippen molar-refractivity contribution in [2.75, 3.05) is 13.1 Å². The van der Waals surface area contributed by atoms with Gasteiger partial charge in [0.25, 0.3) is 0 Å². The van der Waals surface area contributed by atoms with Crippen LogP contribution in [-0.4, -0.2) is 41.8 Å². The Morgan fingerprint density at radius 3 is 2.21 bits per heavy atom. The molecule has 1 amide bonds. The molecule has 0 unspecified atom stereocenters. The normalized spacial score (nSPS) is 18.9. The van der Waals surface area contributed by atoms with Crippen molar-refractivity contribution in [3.63, 3.8) is 0 Å². The molecule has 1 fully saturated rings. The average Bonchev–Trinajstić information content (AvgIpc) is 2.28. The molecule has 1 rings (SSSR count). The minimum Gasteiger partial charge on any atom is -0.480 e. The summed E-state index contributed by atoms with van der Waals surface area (Å²) in [5.41, 5.74) is -1.32. The van der Waals surface area contributed by atoms with Crippen molar-refractivity contribution in [2.45, 2.75) is 43.8 Å². The number of rotatable bonds is 5. The number of hydrogen-bond donors (Lipinski definition) is 3. The fraction of sp³-hybridized carbons (Fsp3) is 0.818. The Hall–Kier alpha value is -1.31. The van der Waals surface area contributed by atoms with Gasteiger partial charge in [-0.1, -0.05) is 19.3 Å². The van der Waals surface area contributed by atoms with Gasteiger partial charge in [-0.15, -0.1) is 0 Å². The summed E-state index contributed by atoms with van der Waals surface area (Å²) in [5.74, 6) is -1.86. The lowest BCUT2D eigenvalue weighted by Crippen LogP contribution is -2.57. The van der Waals surface area contributed by atoms with E-state index in [9.17, 15) is 27.9 Å². The largest absolute Gasteiger partial charge is 0.480 e. The predicted octanol–water partition coefficient (Wildman–Crippen LogP) is 1.04. The highest BCUT2D eigenvalue weighted by molar-refractivity contribution is 5.87. The maximum Gasteiger partial charge on any atom is 0.401 e. The van der Waals surface area contributed by atoms with Crippen molar-refractivity contribution in [3.05, 3.63) is 0 Å². The molecule has 1 aliphatic carbocycles. The Balaban J connectivity index is 2.46. The number of nitrogens with one attached hydrogen (secondary N) is 2. The molecule has 0 aromatic heterocycles. The monoisotopic (exact) mass is 282 g/mol. The molecular formula is C11H17F3N2O3. The van der Waals surface area contributed by atoms with Gasteiger partial charge in [-0.2, -0.15) is 13.2 Å². The molecule has 0 aliphatic heterocycles. The van der Waals surface area contributed by atoms with Crippen LogP contribution in [0.4, 0.5) is 13.2 Å². The van der Waals surface area contributed by atoms with Crippen molar-refractivity contribution in [1.29, 1.82) is 0 Å². The van der Waals surface area contributed by atoms with Crippen molar-refractivity contribution in [3.8, 4) is 0 Å². The number of amides is 1. The van der Waals surface area contributed by atoms with Gasteiger partial charge in [0, 0.05) is 0 Å². The lowest BCUT2D eigenvalue weighted by atomic mass is 9.81. The zero-order chi connectivity index (χ0) is 14.5. The van der Waals surface area contributed by atoms with Gasteiger partial charge in [-0.3, -0.25) is 4.79 Å². The van der Waals surface area contributed by atoms with Crippen LogP contribution in [0.2, 0.25) is 0 Å². The molecule has 5 nitrogen and oxygen atoms in total. The Kier molecular flexibility index (Phi) is 5.16. The molecule has 1 aliphatic rings. The Morgan fingerprint density at radius 1 is 1.16 bits per heavy atom. The van der Waals surface area contributed by atoms with Gasteiger partial charge in [0.1, 0.15) is 5.54 Å². The molecule has 8 heteroatoms. The van der Waals surface area contributed by atoms with Crippen LogP contribution >= 0.6 is 0 Å². The molecule has 0 saturated heterocycles. The number of carboxylic acid groups (broad SMARTS) is 1. The lowest BCUT2D eigenvalue weighted by Gasteiger charge is -2.34. The molecule has 0 radical (unpaired) electrons. The number of carboxylic acids is 1. The molecule has 0 bridgehead atoms. The second kappa shape index (κ2) is 6.23. The number of alkyl halides is 3. The van der Waals surface area contributed by atoms with Gasteiger partial charge in [0.05, 0.1) is 13.1 Å². The molecule has 0 aromatic rings. The maximum atomic E-state index is 11.9. The fourth-order valence-electron chi connectivity index (χ4n) is 2.18. The molecule has 1 saturated carbocycles. The van der Waals surface area contributed by atoms with E-state index in [0.717, 1.165) is 6.42 Å². The average molecular weight is 282 g/mol. The molecule has 0 atom stereocenters. The minimum atomic E-state index is -4.39. The zero-order valence-electron chi connectivity index (χ0n) is 10.3. The highest BCUT2D eigenvalue weighted by Crippen LogP contribution is 2.28. The first-order valence-electron chi connectivity index (χ1n) is 6.07. The number of hydrogen-bond acceptors (Lipinski definition) is 3. The summed E-state index contributed by atoms with van der Waals surface area (Å²) < 4.78 is 35.6. The van der Waals surface area contributed by atoms with E-state index in [1.807, 2.05) is 5.32 Å². The van der Waals surface area contributed by atoms with Gasteiger partial charge in [0.15, 0.2) is 0 Å². The predicted molar refractivity (Wildman–Crippen MR) is 60.5 cm³/mol. The Morgan fingerprint density at radius 2 is 1.74 bits per heavy atom. The first-order valence-corrected chi connectivity index (χ1v) is 6.07. The van der Waals surface area contributed by atoms with E-state index >= 15 is 0 Å². The second-order valence-corrected chi connectivity index (χ2v) is 4.71. The van der Waals surface area contributed by atoms with E-state index in [-0.39, 0.29) is 0 Å². The Labute approximate surface area is 108 Å². The summed E-state index contributed by atoms with van der Waals surface area (Å²) in [5, 5.41) is 13.5. The third-order valence-electron chi connectivity index (χ3n) is 3.11. The first kappa shape index (κ1) is 15.7. The van der Waals surface area contributed by atoms with Crippen LogP contribution in [0.3, 0.4) is 0 Å². The molecule has 19 heavy (non-hydrogen) atoms. The third kappa shape index (κ3) is 5.06. The van der Waals surface area contributed by atoms with E-state index in [2.05, 4.69) is 5.32 Å². The molecule has 110 valence electrons. The van der Waals surface area contributed by atoms with Crippen molar-refractivity contribution >= 4 is 11.9 Å². The summed E-state index contributed by atoms with van der Waals surface area (Å²) in [6.45, 7) is -1.82. The SMILES string of the molecule is O=C(CNCC(F)(F)F)NC1(C(=O)O)CCCCC1. The minimum absolute atomic E-state index is 0.313. The zero-order valence-corrected chi connectivity index (χ0v) is 10.3. The molecular weight excluding hydrogens is 265 g/mol. The van der Waals surface area contributed by atoms with E-state index in [1.165, 1.54) is 0 Å². The van der Waals surface area contributed by atoms with Crippen LogP contribution < -0.4 is 10.6 Å². The number of aliphatic carboxylic acids is 1. The second-order valence-electron chi connectivity index (χ2n) is 4.71. The summed E-state index contributed by atoms with van der Waals surface area (Å²) in [6.07, 6.45) is -1.50. The summed E-state index contributed by atoms with van der Waals surface area (Å²) >= 11 is 0. The lowest BCUT2D eigenvalue weighted by molar-refractivity contribution is -0.149. The van der Waals surface area contributed by atoms with Gasteiger partial charge in [0.2, 0.25) is 5.91 Å². The molecule has 0 aromatic carbocycles. The maximum absolute atomic E-state index is 11.9. The van der Waals surface area contributed by atoms with Gasteiger partial charge in [-0.25, -0.2) is 4.79 Å². The van der Waals surface area contributed by atoms with Gasteiger partial charge < -0.3 is 15.7 Å². The highest BCUT2D eigenvalue weighted by atomic mass is 19.4. The van der Waals surface area contributed by atoms with Crippen molar-refractivity contribution < 1.29 is 27.9 Å². The number of carbonyl (C=O) groups excluding carboxylic acids is 1. The molecule has 0 heterocycles. The Bertz CT molecular complexity index is 339. The van der Waals surface area contributed by atoms with E-state index in [1.54, 1.807) is 0 Å². The van der Waals surface area contributed by atoms with Gasteiger partial charge in [-0.05, 0) is 12.8 Å². The molecule has 3 N–H and O–H groups in total. The first-order chi connectivity index (χ1) is 8.75. The summed E-state index contributed by atoms with van der Waals surface area (Å²) in [7, 11) is 0. The van der Waals surface area contributed by atoms with E-state index in [0.29, 0.717) is 25.7 Å². The quantitative estimate of drug-likeness (QED) is 0.704. The van der Waals surface area contributed by atoms with Crippen LogP contribution in [0.1, 0.15) is 32.1 Å². The van der Waals surface area contributed by atoms with E-state index < -0.39 is 36.7 Å². The van der Waals surface area contributed by atoms with Crippen LogP contribution in [0.5, 0.6) is 0 Å². The van der Waals surface area contributed by atoms with E-state index in [4.69, 9.17) is 0 Å². The van der Waals surface area contributed by atoms with Crippen LogP contribution in [0.15, 0.2) is 0 Å². The van der Waals surface area contributed by atoms with Crippen LogP contribution in [-0.2, 0) is 9.59 Å². The fourth-order valence-corrected chi connectivity index (χ4v) is 2.18. The van der Waals surface area contributed by atoms with Crippen LogP contribution in [0.25, 0.3) is 0 Å². The summed E-state index contributed by atoms with van der Waals surface area (Å²) in [4.78, 5) is 22.7. The van der Waals surface area contributed by atoms with Gasteiger partial charge >= 0.3 is 12.1 Å². The summed E-state index contributed by atoms with van der Waals surface area (Å²) in [6, 6.07) is 0. The van der Waals surface area contributed by atoms with Crippen molar-refractivity contribution in [1.82, 2.24) is 10.6 Å². The van der Waals surface area contributed by atoms with Crippen molar-refractivity contribution in [2.24, 2.45) is 0 Å². The topological polar surface area (TPSA) is 78.4 Å². The molecule has 0 spiro atoms. The number of carbonyl (C=O) groups is 2. The van der Waals surface area contributed by atoms with Crippen LogP contribution in [0, 0.1) is 0 Å². The standard InChI is InChI=1S/C11H17F3N2O3/c12-11(13,14)7-15-6-8(17)16-10(9(18)19)4-2-1-3-5-10/h15H,1-7H2,(H,16,17)(H,18,19). The smallest absolute Gasteiger partial charge is 0.401 e.